The fraction of sp³-hybridized carbons (Fsp3) is 0.583. The van der Waals surface area contributed by atoms with Crippen LogP contribution in [0.4, 0.5) is 5.95 Å². The normalized spacial score (nSPS) is 12.8. The molecule has 0 aromatic carbocycles. The second kappa shape index (κ2) is 5.90. The summed E-state index contributed by atoms with van der Waals surface area (Å²) in [5, 5.41) is 11.6. The predicted octanol–water partition coefficient (Wildman–Crippen LogP) is -0.535. The van der Waals surface area contributed by atoms with Gasteiger partial charge in [-0.25, -0.2) is 4.79 Å². The molecule has 0 fully saturated rings. The third-order valence-electron chi connectivity index (χ3n) is 3.18. The van der Waals surface area contributed by atoms with E-state index >= 15 is 0 Å². The van der Waals surface area contributed by atoms with Crippen molar-refractivity contribution in [3.05, 3.63) is 20.8 Å². The third-order valence-corrected chi connectivity index (χ3v) is 3.32. The third kappa shape index (κ3) is 2.68. The number of aromatic nitrogens is 4. The number of anilines is 1. The van der Waals surface area contributed by atoms with Crippen LogP contribution < -0.4 is 16.6 Å². The second-order valence-electron chi connectivity index (χ2n) is 4.86. The molecule has 8 nitrogen and oxygen atoms in total. The lowest BCUT2D eigenvalue weighted by molar-refractivity contribution is 0.310. The van der Waals surface area contributed by atoms with Crippen molar-refractivity contribution in [2.45, 2.75) is 18.8 Å². The number of aliphatic hydroxyl groups is 1. The predicted molar refractivity (Wildman–Crippen MR) is 81.1 cm³/mol. The summed E-state index contributed by atoms with van der Waals surface area (Å²) in [7, 11) is 2.98. The molecule has 1 atom stereocenters. The standard InChI is InChI=1S/C12H18ClN5O3/c1-7(13)6-18-8-9(15-11(18)14-4-5-19)16(2)12(21)17(3)10(8)20/h7,19H,4-6H2,1-3H3,(H,14,15)/t7-/m1/s1. The first-order valence-electron chi connectivity index (χ1n) is 6.53. The Balaban J connectivity index is 2.80. The van der Waals surface area contributed by atoms with Crippen molar-refractivity contribution in [1.29, 1.82) is 0 Å². The highest BCUT2D eigenvalue weighted by molar-refractivity contribution is 6.20. The van der Waals surface area contributed by atoms with E-state index in [4.69, 9.17) is 16.7 Å². The summed E-state index contributed by atoms with van der Waals surface area (Å²) >= 11 is 6.04. The monoisotopic (exact) mass is 315 g/mol. The zero-order valence-corrected chi connectivity index (χ0v) is 12.9. The van der Waals surface area contributed by atoms with Gasteiger partial charge in [0.15, 0.2) is 11.2 Å². The van der Waals surface area contributed by atoms with E-state index in [2.05, 4.69) is 10.3 Å². The Labute approximate surface area is 125 Å². The summed E-state index contributed by atoms with van der Waals surface area (Å²) in [6.07, 6.45) is 0. The highest BCUT2D eigenvalue weighted by Gasteiger charge is 2.19. The molecule has 2 aromatic heterocycles. The molecule has 116 valence electrons. The lowest BCUT2D eigenvalue weighted by Gasteiger charge is -2.11. The van der Waals surface area contributed by atoms with Gasteiger partial charge in [0.25, 0.3) is 5.56 Å². The highest BCUT2D eigenvalue weighted by Crippen LogP contribution is 2.17. The summed E-state index contributed by atoms with van der Waals surface area (Å²) in [5.74, 6) is 0.407. The summed E-state index contributed by atoms with van der Waals surface area (Å²) in [4.78, 5) is 28.6. The first-order valence-corrected chi connectivity index (χ1v) is 6.97. The van der Waals surface area contributed by atoms with Crippen molar-refractivity contribution >= 4 is 28.7 Å². The van der Waals surface area contributed by atoms with E-state index in [0.717, 1.165) is 4.57 Å². The molecular formula is C12H18ClN5O3. The Morgan fingerprint density at radius 3 is 2.57 bits per heavy atom. The van der Waals surface area contributed by atoms with Crippen LogP contribution in [-0.2, 0) is 20.6 Å². The van der Waals surface area contributed by atoms with Crippen LogP contribution in [0.3, 0.4) is 0 Å². The molecule has 9 heteroatoms. The number of aryl methyl sites for hydroxylation is 1. The van der Waals surface area contributed by atoms with E-state index in [1.54, 1.807) is 18.5 Å². The smallest absolute Gasteiger partial charge is 0.332 e. The molecule has 0 unspecified atom stereocenters. The van der Waals surface area contributed by atoms with Gasteiger partial charge in [0.1, 0.15) is 0 Å². The van der Waals surface area contributed by atoms with Crippen LogP contribution in [0, 0.1) is 0 Å². The Morgan fingerprint density at radius 1 is 1.33 bits per heavy atom. The number of rotatable bonds is 5. The Hall–Kier alpha value is -1.80. The van der Waals surface area contributed by atoms with E-state index in [1.807, 2.05) is 0 Å². The Bertz CT molecular complexity index is 774. The number of alkyl halides is 1. The zero-order chi connectivity index (χ0) is 15.7. The molecule has 2 aromatic rings. The van der Waals surface area contributed by atoms with Crippen LogP contribution in [-0.4, -0.2) is 42.3 Å². The van der Waals surface area contributed by atoms with Gasteiger partial charge in [-0.15, -0.1) is 11.6 Å². The van der Waals surface area contributed by atoms with E-state index in [-0.39, 0.29) is 18.5 Å². The lowest BCUT2D eigenvalue weighted by Crippen LogP contribution is -2.37. The quantitative estimate of drug-likeness (QED) is 0.723. The molecule has 0 bridgehead atoms. The molecule has 0 aliphatic heterocycles. The number of nitrogens with one attached hydrogen (secondary N) is 1. The topological polar surface area (TPSA) is 94.1 Å². The Morgan fingerprint density at radius 2 is 2.00 bits per heavy atom. The van der Waals surface area contributed by atoms with E-state index in [1.165, 1.54) is 11.6 Å². The number of aliphatic hydroxyl groups excluding tert-OH is 1. The summed E-state index contributed by atoms with van der Waals surface area (Å²) in [6, 6.07) is 0. The maximum Gasteiger partial charge on any atom is 0.332 e. The molecule has 2 N–H and O–H groups in total. The van der Waals surface area contributed by atoms with E-state index in [9.17, 15) is 9.59 Å². The van der Waals surface area contributed by atoms with Gasteiger partial charge in [0, 0.05) is 32.6 Å². The first kappa shape index (κ1) is 15.6. The maximum absolute atomic E-state index is 12.4. The van der Waals surface area contributed by atoms with Gasteiger partial charge in [-0.2, -0.15) is 4.98 Å². The van der Waals surface area contributed by atoms with Gasteiger partial charge in [0.2, 0.25) is 5.95 Å². The van der Waals surface area contributed by atoms with Crippen LogP contribution in [0.1, 0.15) is 6.92 Å². The number of imidazole rings is 1. The lowest BCUT2D eigenvalue weighted by atomic mass is 10.4. The van der Waals surface area contributed by atoms with Crippen molar-refractivity contribution in [1.82, 2.24) is 18.7 Å². The van der Waals surface area contributed by atoms with Crippen LogP contribution in [0.15, 0.2) is 9.59 Å². The molecule has 2 heterocycles. The average molecular weight is 316 g/mol. The molecule has 0 saturated heterocycles. The van der Waals surface area contributed by atoms with Gasteiger partial charge in [0.05, 0.1) is 6.61 Å². The molecule has 21 heavy (non-hydrogen) atoms. The van der Waals surface area contributed by atoms with Crippen molar-refractivity contribution < 1.29 is 5.11 Å². The number of fused-ring (bicyclic) bond motifs is 1. The van der Waals surface area contributed by atoms with E-state index < -0.39 is 11.2 Å². The minimum Gasteiger partial charge on any atom is -0.395 e. The van der Waals surface area contributed by atoms with Gasteiger partial charge >= 0.3 is 5.69 Å². The summed E-state index contributed by atoms with van der Waals surface area (Å²) in [6.45, 7) is 2.37. The molecule has 0 spiro atoms. The minimum absolute atomic E-state index is 0.0728. The molecule has 0 radical (unpaired) electrons. The second-order valence-corrected chi connectivity index (χ2v) is 5.60. The Kier molecular flexibility index (Phi) is 4.38. The minimum atomic E-state index is -0.440. The molecule has 0 saturated carbocycles. The molecule has 0 aliphatic carbocycles. The van der Waals surface area contributed by atoms with Gasteiger partial charge in [-0.05, 0) is 6.92 Å². The molecule has 0 amide bonds. The van der Waals surface area contributed by atoms with Crippen LogP contribution >= 0.6 is 11.6 Å². The van der Waals surface area contributed by atoms with Gasteiger partial charge in [-0.3, -0.25) is 13.9 Å². The van der Waals surface area contributed by atoms with Gasteiger partial charge < -0.3 is 15.0 Å². The number of hydrogen-bond acceptors (Lipinski definition) is 5. The van der Waals surface area contributed by atoms with Crippen molar-refractivity contribution in [3.63, 3.8) is 0 Å². The van der Waals surface area contributed by atoms with Gasteiger partial charge in [-0.1, -0.05) is 0 Å². The fourth-order valence-corrected chi connectivity index (χ4v) is 2.32. The van der Waals surface area contributed by atoms with E-state index in [0.29, 0.717) is 23.7 Å². The van der Waals surface area contributed by atoms with Crippen molar-refractivity contribution in [3.8, 4) is 0 Å². The van der Waals surface area contributed by atoms with Crippen molar-refractivity contribution in [2.75, 3.05) is 18.5 Å². The maximum atomic E-state index is 12.4. The summed E-state index contributed by atoms with van der Waals surface area (Å²) < 4.78 is 4.00. The first-order chi connectivity index (χ1) is 9.88. The molecule has 2 rings (SSSR count). The average Bonchev–Trinajstić information content (AvgIpc) is 2.78. The number of nitrogens with zero attached hydrogens (tertiary/aromatic N) is 4. The largest absolute Gasteiger partial charge is 0.395 e. The van der Waals surface area contributed by atoms with Crippen LogP contribution in [0.2, 0.25) is 0 Å². The van der Waals surface area contributed by atoms with Crippen LogP contribution in [0.5, 0.6) is 0 Å². The molecule has 0 aliphatic rings. The summed E-state index contributed by atoms with van der Waals surface area (Å²) in [5.41, 5.74) is -0.256. The van der Waals surface area contributed by atoms with Crippen LogP contribution in [0.25, 0.3) is 11.2 Å². The van der Waals surface area contributed by atoms with Crippen molar-refractivity contribution in [2.24, 2.45) is 14.1 Å². The number of hydrogen-bond donors (Lipinski definition) is 2. The SMILES string of the molecule is C[C@@H](Cl)Cn1c(NCCO)nc2c1c(=O)n(C)c(=O)n2C. The fourth-order valence-electron chi connectivity index (χ4n) is 2.18. The highest BCUT2D eigenvalue weighted by atomic mass is 35.5. The zero-order valence-electron chi connectivity index (χ0n) is 12.1. The number of halogens is 1. The molecular weight excluding hydrogens is 298 g/mol.